The molecule has 36 heavy (non-hydrogen) atoms. The van der Waals surface area contributed by atoms with Crippen LogP contribution in [0.15, 0.2) is 66.0 Å². The first-order valence-electron chi connectivity index (χ1n) is 12.6. The zero-order chi connectivity index (χ0) is 24.9. The maximum absolute atomic E-state index is 13.7. The van der Waals surface area contributed by atoms with E-state index in [4.69, 9.17) is 4.98 Å². The molecule has 6 rings (SSSR count). The number of aromatic nitrogens is 4. The van der Waals surface area contributed by atoms with Gasteiger partial charge >= 0.3 is 0 Å². The Morgan fingerprint density at radius 3 is 2.47 bits per heavy atom. The van der Waals surface area contributed by atoms with E-state index in [1.807, 2.05) is 25.5 Å². The molecule has 0 unspecified atom stereocenters. The van der Waals surface area contributed by atoms with Crippen LogP contribution in [0, 0.1) is 0 Å². The molecule has 0 radical (unpaired) electrons. The van der Waals surface area contributed by atoms with E-state index in [0.29, 0.717) is 36.3 Å². The molecule has 0 bridgehead atoms. The standard InChI is InChI=1S/C27H30FN5O2S/c1-31-13-12-26(30-31)25-18-33(36(34,35)23-5-3-2-4-6-23)27-24(25)15-20(16-29-27)19-7-9-22(10-8-19)32-14-11-21(28)17-32/h2-6,12-13,15-16,18-19,21-22H,7-11,14,17H2,1H3/t19?,21-,22?/m1/s1. The van der Waals surface area contributed by atoms with E-state index < -0.39 is 16.2 Å². The van der Waals surface area contributed by atoms with Crippen LogP contribution in [-0.4, -0.2) is 57.4 Å². The Kier molecular flexibility index (Phi) is 5.92. The highest BCUT2D eigenvalue weighted by Gasteiger charge is 2.32. The molecule has 0 N–H and O–H groups in total. The third-order valence-corrected chi connectivity index (χ3v) is 9.43. The number of hydrogen-bond donors (Lipinski definition) is 0. The second-order valence-electron chi connectivity index (χ2n) is 10.1. The number of rotatable bonds is 5. The molecule has 1 aliphatic carbocycles. The van der Waals surface area contributed by atoms with Crippen LogP contribution in [0.25, 0.3) is 22.3 Å². The number of benzene rings is 1. The van der Waals surface area contributed by atoms with Crippen molar-refractivity contribution in [1.29, 1.82) is 0 Å². The van der Waals surface area contributed by atoms with Crippen molar-refractivity contribution in [3.8, 4) is 11.3 Å². The third kappa shape index (κ3) is 4.14. The van der Waals surface area contributed by atoms with Crippen molar-refractivity contribution < 1.29 is 12.8 Å². The molecule has 2 fully saturated rings. The van der Waals surface area contributed by atoms with Crippen LogP contribution < -0.4 is 0 Å². The summed E-state index contributed by atoms with van der Waals surface area (Å²) in [6, 6.07) is 12.9. The molecule has 4 heterocycles. The fraction of sp³-hybridized carbons (Fsp3) is 0.407. The van der Waals surface area contributed by atoms with Gasteiger partial charge in [-0.1, -0.05) is 18.2 Å². The van der Waals surface area contributed by atoms with Crippen molar-refractivity contribution in [2.45, 2.75) is 55.1 Å². The number of aryl methyl sites for hydroxylation is 1. The highest BCUT2D eigenvalue weighted by atomic mass is 32.2. The van der Waals surface area contributed by atoms with Crippen LogP contribution in [0.1, 0.15) is 43.6 Å². The van der Waals surface area contributed by atoms with Gasteiger partial charge in [-0.15, -0.1) is 0 Å². The first-order valence-corrected chi connectivity index (χ1v) is 14.0. The minimum Gasteiger partial charge on any atom is -0.297 e. The normalized spacial score (nSPS) is 23.4. The maximum atomic E-state index is 13.7. The molecule has 0 spiro atoms. The van der Waals surface area contributed by atoms with E-state index in [1.165, 1.54) is 3.97 Å². The van der Waals surface area contributed by atoms with E-state index in [9.17, 15) is 12.8 Å². The van der Waals surface area contributed by atoms with Crippen LogP contribution in [0.4, 0.5) is 4.39 Å². The summed E-state index contributed by atoms with van der Waals surface area (Å²) < 4.78 is 43.8. The Hall–Kier alpha value is -3.04. The van der Waals surface area contributed by atoms with Gasteiger partial charge in [-0.05, 0) is 67.9 Å². The molecular formula is C27H30FN5O2S. The second kappa shape index (κ2) is 9.12. The summed E-state index contributed by atoms with van der Waals surface area (Å²) in [6.07, 6.45) is 9.43. The fourth-order valence-electron chi connectivity index (χ4n) is 5.82. The first kappa shape index (κ1) is 23.4. The quantitative estimate of drug-likeness (QED) is 0.390. The number of pyridine rings is 1. The SMILES string of the molecule is Cn1ccc(-c2cn(S(=O)(=O)c3ccccc3)c3ncc(C4CCC(N5CC[C@@H](F)C5)CC4)cc23)n1. The molecule has 4 aromatic rings. The summed E-state index contributed by atoms with van der Waals surface area (Å²) in [5.74, 6) is 0.354. The molecule has 1 aromatic carbocycles. The van der Waals surface area contributed by atoms with E-state index in [0.717, 1.165) is 48.7 Å². The molecular weight excluding hydrogens is 477 g/mol. The van der Waals surface area contributed by atoms with Crippen molar-refractivity contribution in [2.75, 3.05) is 13.1 Å². The van der Waals surface area contributed by atoms with Gasteiger partial charge in [-0.2, -0.15) is 5.10 Å². The van der Waals surface area contributed by atoms with Gasteiger partial charge in [0.25, 0.3) is 10.0 Å². The van der Waals surface area contributed by atoms with Crippen LogP contribution >= 0.6 is 0 Å². The zero-order valence-corrected chi connectivity index (χ0v) is 21.1. The summed E-state index contributed by atoms with van der Waals surface area (Å²) >= 11 is 0. The largest absolute Gasteiger partial charge is 0.297 e. The van der Waals surface area contributed by atoms with E-state index in [1.54, 1.807) is 41.2 Å². The molecule has 1 aliphatic heterocycles. The molecule has 3 aromatic heterocycles. The van der Waals surface area contributed by atoms with Gasteiger partial charge in [0.05, 0.1) is 10.6 Å². The lowest BCUT2D eigenvalue weighted by Crippen LogP contribution is -2.36. The number of alkyl halides is 1. The first-order chi connectivity index (χ1) is 17.4. The average molecular weight is 508 g/mol. The van der Waals surface area contributed by atoms with E-state index in [2.05, 4.69) is 16.1 Å². The van der Waals surface area contributed by atoms with Crippen molar-refractivity contribution in [1.82, 2.24) is 23.6 Å². The Bertz CT molecular complexity index is 1490. The van der Waals surface area contributed by atoms with Crippen molar-refractivity contribution in [2.24, 2.45) is 7.05 Å². The predicted molar refractivity (Wildman–Crippen MR) is 137 cm³/mol. The van der Waals surface area contributed by atoms with Gasteiger partial charge in [-0.25, -0.2) is 21.8 Å². The topological polar surface area (TPSA) is 73.0 Å². The van der Waals surface area contributed by atoms with Gasteiger partial charge in [0.1, 0.15) is 6.17 Å². The molecule has 1 saturated carbocycles. The Balaban J connectivity index is 1.36. The molecule has 0 amide bonds. The maximum Gasteiger partial charge on any atom is 0.269 e. The number of nitrogens with zero attached hydrogens (tertiary/aromatic N) is 5. The minimum atomic E-state index is -3.82. The molecule has 1 atom stereocenters. The summed E-state index contributed by atoms with van der Waals surface area (Å²) in [7, 11) is -1.98. The van der Waals surface area contributed by atoms with Crippen LogP contribution in [0.2, 0.25) is 0 Å². The minimum absolute atomic E-state index is 0.219. The fourth-order valence-corrected chi connectivity index (χ4v) is 7.17. The zero-order valence-electron chi connectivity index (χ0n) is 20.3. The second-order valence-corrected chi connectivity index (χ2v) is 11.9. The summed E-state index contributed by atoms with van der Waals surface area (Å²) in [6.45, 7) is 1.43. The Morgan fingerprint density at radius 1 is 1.03 bits per heavy atom. The average Bonchev–Trinajstić information content (AvgIpc) is 3.62. The predicted octanol–water partition coefficient (Wildman–Crippen LogP) is 4.74. The van der Waals surface area contributed by atoms with Crippen LogP contribution in [-0.2, 0) is 17.1 Å². The molecule has 1 saturated heterocycles. The van der Waals surface area contributed by atoms with E-state index in [-0.39, 0.29) is 4.90 Å². The van der Waals surface area contributed by atoms with E-state index >= 15 is 0 Å². The van der Waals surface area contributed by atoms with Crippen LogP contribution in [0.5, 0.6) is 0 Å². The molecule has 9 heteroatoms. The van der Waals surface area contributed by atoms with Crippen molar-refractivity contribution in [3.63, 3.8) is 0 Å². The number of halogens is 1. The Labute approximate surface area is 210 Å². The highest BCUT2D eigenvalue weighted by molar-refractivity contribution is 7.90. The van der Waals surface area contributed by atoms with Gasteiger partial charge < -0.3 is 0 Å². The molecule has 2 aliphatic rings. The van der Waals surface area contributed by atoms with Crippen LogP contribution in [0.3, 0.4) is 0 Å². The highest BCUT2D eigenvalue weighted by Crippen LogP contribution is 2.39. The lowest BCUT2D eigenvalue weighted by molar-refractivity contribution is 0.170. The van der Waals surface area contributed by atoms with Gasteiger partial charge in [0.15, 0.2) is 5.65 Å². The monoisotopic (exact) mass is 507 g/mol. The van der Waals surface area contributed by atoms with Gasteiger partial charge in [-0.3, -0.25) is 9.58 Å². The lowest BCUT2D eigenvalue weighted by Gasteiger charge is -2.34. The van der Waals surface area contributed by atoms with Gasteiger partial charge in [0.2, 0.25) is 0 Å². The van der Waals surface area contributed by atoms with Crippen molar-refractivity contribution >= 4 is 21.1 Å². The lowest BCUT2D eigenvalue weighted by atomic mass is 9.81. The smallest absolute Gasteiger partial charge is 0.269 e. The Morgan fingerprint density at radius 2 is 1.81 bits per heavy atom. The number of hydrogen-bond acceptors (Lipinski definition) is 5. The molecule has 188 valence electrons. The number of likely N-dealkylation sites (tertiary alicyclic amines) is 1. The molecule has 7 nitrogen and oxygen atoms in total. The summed E-state index contributed by atoms with van der Waals surface area (Å²) in [4.78, 5) is 7.23. The van der Waals surface area contributed by atoms with Crippen molar-refractivity contribution in [3.05, 3.63) is 66.6 Å². The summed E-state index contributed by atoms with van der Waals surface area (Å²) in [5, 5.41) is 5.33. The third-order valence-electron chi connectivity index (χ3n) is 7.77. The summed E-state index contributed by atoms with van der Waals surface area (Å²) in [5.41, 5.74) is 2.99. The van der Waals surface area contributed by atoms with Gasteiger partial charge in [0, 0.05) is 55.7 Å². The number of fused-ring (bicyclic) bond motifs is 1.